The molecule has 1 fully saturated rings. The first-order chi connectivity index (χ1) is 8.63. The number of nitrogens with zero attached hydrogens (tertiary/aromatic N) is 1. The SMILES string of the molecule is COC(=O)c1ccc(Br)cc1C1(C#N)CCCC1. The van der Waals surface area contributed by atoms with E-state index < -0.39 is 5.41 Å². The number of hydrogen-bond acceptors (Lipinski definition) is 3. The Labute approximate surface area is 115 Å². The summed E-state index contributed by atoms with van der Waals surface area (Å²) in [5, 5.41) is 9.52. The zero-order chi connectivity index (χ0) is 13.2. The van der Waals surface area contributed by atoms with Gasteiger partial charge in [-0.3, -0.25) is 0 Å². The van der Waals surface area contributed by atoms with Gasteiger partial charge in [0.25, 0.3) is 0 Å². The Morgan fingerprint density at radius 2 is 2.11 bits per heavy atom. The predicted octanol–water partition coefficient (Wildman–Crippen LogP) is 3.57. The third-order valence-corrected chi connectivity index (χ3v) is 4.07. The molecule has 0 aliphatic heterocycles. The molecule has 0 unspecified atom stereocenters. The van der Waals surface area contributed by atoms with Crippen LogP contribution in [0.25, 0.3) is 0 Å². The first-order valence-corrected chi connectivity index (χ1v) is 6.72. The van der Waals surface area contributed by atoms with Crippen LogP contribution in [0.3, 0.4) is 0 Å². The lowest BCUT2D eigenvalue weighted by Crippen LogP contribution is -2.23. The first kappa shape index (κ1) is 13.1. The lowest BCUT2D eigenvalue weighted by atomic mass is 9.78. The Hall–Kier alpha value is -1.34. The summed E-state index contributed by atoms with van der Waals surface area (Å²) in [4.78, 5) is 11.8. The van der Waals surface area contributed by atoms with Crippen LogP contribution in [-0.2, 0) is 10.2 Å². The quantitative estimate of drug-likeness (QED) is 0.785. The third kappa shape index (κ3) is 2.15. The number of carbonyl (C=O) groups excluding carboxylic acids is 1. The van der Waals surface area contributed by atoms with E-state index in [1.807, 2.05) is 6.07 Å². The molecule has 0 atom stereocenters. The van der Waals surface area contributed by atoms with Crippen LogP contribution in [0.4, 0.5) is 0 Å². The zero-order valence-corrected chi connectivity index (χ0v) is 11.8. The van der Waals surface area contributed by atoms with Gasteiger partial charge in [0.15, 0.2) is 0 Å². The number of hydrogen-bond donors (Lipinski definition) is 0. The largest absolute Gasteiger partial charge is 0.465 e. The van der Waals surface area contributed by atoms with E-state index >= 15 is 0 Å². The van der Waals surface area contributed by atoms with Crippen molar-refractivity contribution in [3.8, 4) is 6.07 Å². The van der Waals surface area contributed by atoms with Crippen LogP contribution in [0.2, 0.25) is 0 Å². The Kier molecular flexibility index (Phi) is 3.72. The Bertz CT molecular complexity index is 513. The lowest BCUT2D eigenvalue weighted by Gasteiger charge is -2.23. The van der Waals surface area contributed by atoms with Gasteiger partial charge in [0.1, 0.15) is 0 Å². The standard InChI is InChI=1S/C14H14BrNO2/c1-18-13(17)11-5-4-10(15)8-12(11)14(9-16)6-2-3-7-14/h4-5,8H,2-3,6-7H2,1H3. The van der Waals surface area contributed by atoms with Crippen molar-refractivity contribution in [2.24, 2.45) is 0 Å². The highest BCUT2D eigenvalue weighted by molar-refractivity contribution is 9.10. The number of esters is 1. The van der Waals surface area contributed by atoms with Crippen LogP contribution in [0.5, 0.6) is 0 Å². The molecule has 94 valence electrons. The third-order valence-electron chi connectivity index (χ3n) is 3.57. The molecule has 0 bridgehead atoms. The average Bonchev–Trinajstić information content (AvgIpc) is 2.87. The maximum Gasteiger partial charge on any atom is 0.338 e. The summed E-state index contributed by atoms with van der Waals surface area (Å²) in [6.45, 7) is 0. The number of methoxy groups -OCH3 is 1. The van der Waals surface area contributed by atoms with Crippen LogP contribution < -0.4 is 0 Å². The Morgan fingerprint density at radius 1 is 1.44 bits per heavy atom. The highest BCUT2D eigenvalue weighted by Gasteiger charge is 2.38. The van der Waals surface area contributed by atoms with Crippen LogP contribution in [0, 0.1) is 11.3 Å². The van der Waals surface area contributed by atoms with Crippen molar-refractivity contribution >= 4 is 21.9 Å². The fraction of sp³-hybridized carbons (Fsp3) is 0.429. The van der Waals surface area contributed by atoms with Gasteiger partial charge in [0, 0.05) is 4.47 Å². The van der Waals surface area contributed by atoms with Gasteiger partial charge in [-0.15, -0.1) is 0 Å². The summed E-state index contributed by atoms with van der Waals surface area (Å²) in [7, 11) is 1.36. The smallest absolute Gasteiger partial charge is 0.338 e. The molecule has 3 nitrogen and oxygen atoms in total. The minimum atomic E-state index is -0.534. The van der Waals surface area contributed by atoms with Gasteiger partial charge in [-0.1, -0.05) is 28.8 Å². The van der Waals surface area contributed by atoms with Gasteiger partial charge in [-0.2, -0.15) is 5.26 Å². The van der Waals surface area contributed by atoms with Crippen LogP contribution in [-0.4, -0.2) is 13.1 Å². The van der Waals surface area contributed by atoms with E-state index in [4.69, 9.17) is 4.74 Å². The molecule has 0 aromatic heterocycles. The van der Waals surface area contributed by atoms with Crippen LogP contribution >= 0.6 is 15.9 Å². The second-order valence-electron chi connectivity index (χ2n) is 4.58. The monoisotopic (exact) mass is 307 g/mol. The van der Waals surface area contributed by atoms with Crippen molar-refractivity contribution < 1.29 is 9.53 Å². The number of nitriles is 1. The molecule has 1 saturated carbocycles. The van der Waals surface area contributed by atoms with E-state index in [2.05, 4.69) is 22.0 Å². The highest BCUT2D eigenvalue weighted by Crippen LogP contribution is 2.42. The molecular weight excluding hydrogens is 294 g/mol. The molecule has 2 rings (SSSR count). The number of benzene rings is 1. The normalized spacial score (nSPS) is 17.2. The summed E-state index contributed by atoms with van der Waals surface area (Å²) in [6, 6.07) is 7.81. The second-order valence-corrected chi connectivity index (χ2v) is 5.50. The molecule has 0 spiro atoms. The molecule has 0 radical (unpaired) electrons. The Balaban J connectivity index is 2.58. The van der Waals surface area contributed by atoms with E-state index in [9.17, 15) is 10.1 Å². The number of rotatable bonds is 2. The van der Waals surface area contributed by atoms with Crippen molar-refractivity contribution in [2.75, 3.05) is 7.11 Å². The molecule has 1 aromatic carbocycles. The zero-order valence-electron chi connectivity index (χ0n) is 10.2. The topological polar surface area (TPSA) is 50.1 Å². The summed E-state index contributed by atoms with van der Waals surface area (Å²) >= 11 is 3.41. The first-order valence-electron chi connectivity index (χ1n) is 5.92. The molecule has 0 heterocycles. The van der Waals surface area contributed by atoms with Crippen LogP contribution in [0.1, 0.15) is 41.6 Å². The van der Waals surface area contributed by atoms with Gasteiger partial charge in [-0.25, -0.2) is 4.79 Å². The molecular formula is C14H14BrNO2. The van der Waals surface area contributed by atoms with Gasteiger partial charge in [0.2, 0.25) is 0 Å². The summed E-state index contributed by atoms with van der Waals surface area (Å²) in [5.41, 5.74) is 0.765. The lowest BCUT2D eigenvalue weighted by molar-refractivity contribution is 0.0598. The molecule has 0 N–H and O–H groups in total. The molecule has 4 heteroatoms. The van der Waals surface area contributed by atoms with Gasteiger partial charge >= 0.3 is 5.97 Å². The number of ether oxygens (including phenoxy) is 1. The number of carbonyl (C=O) groups is 1. The summed E-state index contributed by atoms with van der Waals surface area (Å²) < 4.78 is 5.68. The molecule has 1 aliphatic carbocycles. The maximum atomic E-state index is 11.8. The van der Waals surface area contributed by atoms with Gasteiger partial charge in [0.05, 0.1) is 24.2 Å². The van der Waals surface area contributed by atoms with Crippen molar-refractivity contribution in [1.82, 2.24) is 0 Å². The van der Waals surface area contributed by atoms with E-state index in [1.165, 1.54) is 7.11 Å². The maximum absolute atomic E-state index is 11.8. The summed E-state index contributed by atoms with van der Waals surface area (Å²) in [5.74, 6) is -0.376. The minimum absolute atomic E-state index is 0.376. The fourth-order valence-electron chi connectivity index (χ4n) is 2.62. The second kappa shape index (κ2) is 5.11. The molecule has 1 aromatic rings. The highest BCUT2D eigenvalue weighted by atomic mass is 79.9. The molecule has 0 amide bonds. The van der Waals surface area contributed by atoms with Crippen molar-refractivity contribution in [3.63, 3.8) is 0 Å². The van der Waals surface area contributed by atoms with E-state index in [-0.39, 0.29) is 5.97 Å². The molecule has 18 heavy (non-hydrogen) atoms. The fourth-order valence-corrected chi connectivity index (χ4v) is 2.98. The molecule has 1 aliphatic rings. The van der Waals surface area contributed by atoms with Crippen molar-refractivity contribution in [2.45, 2.75) is 31.1 Å². The summed E-state index contributed by atoms with van der Waals surface area (Å²) in [6.07, 6.45) is 3.68. The van der Waals surface area contributed by atoms with E-state index in [0.29, 0.717) is 5.56 Å². The van der Waals surface area contributed by atoms with Gasteiger partial charge in [-0.05, 0) is 36.6 Å². The van der Waals surface area contributed by atoms with E-state index in [0.717, 1.165) is 35.7 Å². The van der Waals surface area contributed by atoms with Crippen LogP contribution in [0.15, 0.2) is 22.7 Å². The average molecular weight is 308 g/mol. The van der Waals surface area contributed by atoms with Crippen molar-refractivity contribution in [3.05, 3.63) is 33.8 Å². The Morgan fingerprint density at radius 3 is 2.67 bits per heavy atom. The van der Waals surface area contributed by atoms with Gasteiger partial charge < -0.3 is 4.74 Å². The van der Waals surface area contributed by atoms with Crippen molar-refractivity contribution in [1.29, 1.82) is 5.26 Å². The predicted molar refractivity (Wildman–Crippen MR) is 71.2 cm³/mol. The minimum Gasteiger partial charge on any atom is -0.465 e. The number of halogens is 1. The van der Waals surface area contributed by atoms with E-state index in [1.54, 1.807) is 12.1 Å². The molecule has 0 saturated heterocycles.